The minimum atomic E-state index is -0.00162. The summed E-state index contributed by atoms with van der Waals surface area (Å²) in [4.78, 5) is 26.5. The van der Waals surface area contributed by atoms with Crippen molar-refractivity contribution in [3.63, 3.8) is 0 Å². The van der Waals surface area contributed by atoms with Crippen molar-refractivity contribution in [3.05, 3.63) is 54.0 Å². The number of hydrogen-bond donors (Lipinski definition) is 0. The normalized spacial score (nSPS) is 14.3. The fraction of sp³-hybridized carbons (Fsp3) is 0.417. The molecule has 3 aromatic rings. The average Bonchev–Trinajstić information content (AvgIpc) is 3.15. The molecule has 8 heteroatoms. The number of amides is 1. The third-order valence-electron chi connectivity index (χ3n) is 5.46. The Balaban J connectivity index is 1.51. The van der Waals surface area contributed by atoms with E-state index in [0.29, 0.717) is 49.3 Å². The van der Waals surface area contributed by atoms with Crippen LogP contribution in [0.4, 0.5) is 5.82 Å². The first-order chi connectivity index (χ1) is 15.7. The van der Waals surface area contributed by atoms with Gasteiger partial charge in [-0.1, -0.05) is 24.2 Å². The van der Waals surface area contributed by atoms with Gasteiger partial charge < -0.3 is 19.1 Å². The predicted octanol–water partition coefficient (Wildman–Crippen LogP) is 3.84. The molecule has 8 nitrogen and oxygen atoms in total. The Morgan fingerprint density at radius 2 is 1.97 bits per heavy atom. The van der Waals surface area contributed by atoms with Crippen LogP contribution in [-0.2, 0) is 6.42 Å². The average molecular weight is 436 g/mol. The first kappa shape index (κ1) is 21.8. The van der Waals surface area contributed by atoms with Crippen LogP contribution in [-0.4, -0.2) is 58.7 Å². The molecule has 0 spiro atoms. The summed E-state index contributed by atoms with van der Waals surface area (Å²) < 4.78 is 11.2. The van der Waals surface area contributed by atoms with Crippen LogP contribution in [0.15, 0.2) is 47.1 Å². The summed E-state index contributed by atoms with van der Waals surface area (Å²) in [6, 6.07) is 11.3. The van der Waals surface area contributed by atoms with Gasteiger partial charge in [0.2, 0.25) is 0 Å². The lowest BCUT2D eigenvalue weighted by Crippen LogP contribution is -2.35. The number of carbonyl (C=O) groups excluding carboxylic acids is 1. The monoisotopic (exact) mass is 435 g/mol. The first-order valence-corrected chi connectivity index (χ1v) is 11.2. The van der Waals surface area contributed by atoms with E-state index >= 15 is 0 Å². The van der Waals surface area contributed by atoms with Gasteiger partial charge in [0.1, 0.15) is 11.6 Å². The minimum Gasteiger partial charge on any atom is -0.493 e. The third-order valence-corrected chi connectivity index (χ3v) is 5.46. The third kappa shape index (κ3) is 4.74. The van der Waals surface area contributed by atoms with Crippen LogP contribution >= 0.6 is 0 Å². The summed E-state index contributed by atoms with van der Waals surface area (Å²) in [6.07, 6.45) is 4.35. The van der Waals surface area contributed by atoms with Gasteiger partial charge in [-0.2, -0.15) is 4.98 Å². The van der Waals surface area contributed by atoms with Gasteiger partial charge in [0.25, 0.3) is 11.8 Å². The molecule has 2 aromatic heterocycles. The van der Waals surface area contributed by atoms with E-state index in [9.17, 15) is 4.79 Å². The van der Waals surface area contributed by atoms with Gasteiger partial charge in [0.15, 0.2) is 5.82 Å². The number of benzene rings is 1. The van der Waals surface area contributed by atoms with E-state index in [1.54, 1.807) is 6.20 Å². The van der Waals surface area contributed by atoms with Crippen molar-refractivity contribution in [2.75, 3.05) is 37.7 Å². The fourth-order valence-electron chi connectivity index (χ4n) is 3.93. The van der Waals surface area contributed by atoms with Gasteiger partial charge in [-0.25, -0.2) is 4.98 Å². The zero-order valence-corrected chi connectivity index (χ0v) is 18.7. The predicted molar refractivity (Wildman–Crippen MR) is 122 cm³/mol. The van der Waals surface area contributed by atoms with Crippen molar-refractivity contribution in [2.24, 2.45) is 0 Å². The molecule has 0 radical (unpaired) electrons. The number of nitrogens with zero attached hydrogens (tertiary/aromatic N) is 5. The van der Waals surface area contributed by atoms with Crippen LogP contribution in [0.1, 0.15) is 42.9 Å². The molecule has 1 aliphatic rings. The number of ether oxygens (including phenoxy) is 1. The van der Waals surface area contributed by atoms with Crippen molar-refractivity contribution >= 4 is 11.7 Å². The molecule has 0 atom stereocenters. The molecule has 168 valence electrons. The number of carbonyl (C=O) groups is 1. The second kappa shape index (κ2) is 10.3. The van der Waals surface area contributed by atoms with Gasteiger partial charge in [0.05, 0.1) is 17.7 Å². The minimum absolute atomic E-state index is 0.00162. The van der Waals surface area contributed by atoms with Gasteiger partial charge in [-0.15, -0.1) is 0 Å². The Hall–Kier alpha value is -3.42. The maximum atomic E-state index is 13.2. The SMILES string of the molecule is CCCc1noc(-c2cccnc2N2CCCN(C(=O)c3ccccc3OCC)CC2)n1. The van der Waals surface area contributed by atoms with Crippen LogP contribution in [0.2, 0.25) is 0 Å². The molecule has 4 rings (SSSR count). The number of aromatic nitrogens is 3. The summed E-state index contributed by atoms with van der Waals surface area (Å²) in [5.41, 5.74) is 1.43. The zero-order valence-electron chi connectivity index (χ0n) is 18.7. The summed E-state index contributed by atoms with van der Waals surface area (Å²) in [5.74, 6) is 2.63. The quantitative estimate of drug-likeness (QED) is 0.557. The van der Waals surface area contributed by atoms with Crippen molar-refractivity contribution in [2.45, 2.75) is 33.1 Å². The van der Waals surface area contributed by atoms with E-state index in [-0.39, 0.29) is 5.91 Å². The lowest BCUT2D eigenvalue weighted by molar-refractivity contribution is 0.0763. The second-order valence-corrected chi connectivity index (χ2v) is 7.70. The lowest BCUT2D eigenvalue weighted by atomic mass is 10.1. The molecule has 0 N–H and O–H groups in total. The van der Waals surface area contributed by atoms with Gasteiger partial charge >= 0.3 is 0 Å². The maximum Gasteiger partial charge on any atom is 0.261 e. The van der Waals surface area contributed by atoms with E-state index in [0.717, 1.165) is 37.2 Å². The van der Waals surface area contributed by atoms with Crippen molar-refractivity contribution < 1.29 is 14.1 Å². The Labute approximate surface area is 188 Å². The Morgan fingerprint density at radius 3 is 2.81 bits per heavy atom. The molecular weight excluding hydrogens is 406 g/mol. The largest absolute Gasteiger partial charge is 0.493 e. The van der Waals surface area contributed by atoms with E-state index in [1.807, 2.05) is 48.2 Å². The molecule has 1 aromatic carbocycles. The highest BCUT2D eigenvalue weighted by atomic mass is 16.5. The van der Waals surface area contributed by atoms with Gasteiger partial charge in [0, 0.05) is 38.8 Å². The number of rotatable bonds is 7. The molecule has 1 amide bonds. The van der Waals surface area contributed by atoms with Crippen LogP contribution in [0.25, 0.3) is 11.5 Å². The number of aryl methyl sites for hydroxylation is 1. The van der Waals surface area contributed by atoms with Crippen LogP contribution < -0.4 is 9.64 Å². The summed E-state index contributed by atoms with van der Waals surface area (Å²) in [7, 11) is 0. The lowest BCUT2D eigenvalue weighted by Gasteiger charge is -2.24. The maximum absolute atomic E-state index is 13.2. The van der Waals surface area contributed by atoms with Crippen molar-refractivity contribution in [1.29, 1.82) is 0 Å². The van der Waals surface area contributed by atoms with Crippen LogP contribution in [0, 0.1) is 0 Å². The molecule has 0 aliphatic carbocycles. The zero-order chi connectivity index (χ0) is 22.3. The Bertz CT molecular complexity index is 1050. The first-order valence-electron chi connectivity index (χ1n) is 11.2. The Kier molecular flexibility index (Phi) is 6.99. The van der Waals surface area contributed by atoms with E-state index < -0.39 is 0 Å². The highest BCUT2D eigenvalue weighted by Gasteiger charge is 2.25. The highest BCUT2D eigenvalue weighted by Crippen LogP contribution is 2.29. The Morgan fingerprint density at radius 1 is 1.09 bits per heavy atom. The smallest absolute Gasteiger partial charge is 0.261 e. The summed E-state index contributed by atoms with van der Waals surface area (Å²) in [5, 5.41) is 4.08. The van der Waals surface area contributed by atoms with Crippen molar-refractivity contribution in [1.82, 2.24) is 20.0 Å². The molecule has 0 bridgehead atoms. The highest BCUT2D eigenvalue weighted by molar-refractivity contribution is 5.97. The van der Waals surface area contributed by atoms with Gasteiger partial charge in [-0.05, 0) is 44.0 Å². The molecule has 0 unspecified atom stereocenters. The number of hydrogen-bond acceptors (Lipinski definition) is 7. The molecule has 1 fully saturated rings. The van der Waals surface area contributed by atoms with Crippen LogP contribution in [0.3, 0.4) is 0 Å². The molecule has 1 saturated heterocycles. The molecule has 1 aliphatic heterocycles. The summed E-state index contributed by atoms with van der Waals surface area (Å²) >= 11 is 0. The number of pyridine rings is 1. The second-order valence-electron chi connectivity index (χ2n) is 7.70. The van der Waals surface area contributed by atoms with E-state index in [2.05, 4.69) is 26.9 Å². The number of para-hydroxylation sites is 1. The van der Waals surface area contributed by atoms with E-state index in [1.165, 1.54) is 0 Å². The molecule has 0 saturated carbocycles. The van der Waals surface area contributed by atoms with Crippen molar-refractivity contribution in [3.8, 4) is 17.2 Å². The number of anilines is 1. The molecule has 3 heterocycles. The van der Waals surface area contributed by atoms with Crippen LogP contribution in [0.5, 0.6) is 5.75 Å². The molecule has 32 heavy (non-hydrogen) atoms. The topological polar surface area (TPSA) is 84.6 Å². The van der Waals surface area contributed by atoms with E-state index in [4.69, 9.17) is 9.26 Å². The molecular formula is C24H29N5O3. The van der Waals surface area contributed by atoms with Gasteiger partial charge in [-0.3, -0.25) is 4.79 Å². The fourth-order valence-corrected chi connectivity index (χ4v) is 3.93. The standard InChI is InChI=1S/C24H29N5O3/c1-3-9-21-26-23(32-27-21)19-11-7-13-25-22(19)28-14-8-15-29(17-16-28)24(30)18-10-5-6-12-20(18)31-4-2/h5-7,10-13H,3-4,8-9,14-17H2,1-2H3. The summed E-state index contributed by atoms with van der Waals surface area (Å²) in [6.45, 7) is 7.27.